The zero-order valence-corrected chi connectivity index (χ0v) is 17.2. The van der Waals surface area contributed by atoms with Crippen molar-refractivity contribution in [3.8, 4) is 22.6 Å². The number of phenolic OH excluding ortho intramolecular Hbond substituents is 1. The number of ether oxygens (including phenoxy) is 1. The number of nitrogens with one attached hydrogen (secondary N) is 1. The smallest absolute Gasteiger partial charge is 0.200 e. The van der Waals surface area contributed by atoms with E-state index in [0.717, 1.165) is 35.9 Å². The molecule has 152 valence electrons. The van der Waals surface area contributed by atoms with E-state index >= 15 is 0 Å². The Morgan fingerprint density at radius 1 is 1.14 bits per heavy atom. The zero-order valence-electron chi connectivity index (χ0n) is 17.2. The molecule has 4 rings (SSSR count). The summed E-state index contributed by atoms with van der Waals surface area (Å²) in [6.07, 6.45) is 2.37. The van der Waals surface area contributed by atoms with Crippen molar-refractivity contribution in [3.05, 3.63) is 57.9 Å². The monoisotopic (exact) mass is 394 g/mol. The Hall–Kier alpha value is -2.79. The number of hydrogen-bond donors (Lipinski definition) is 2. The highest BCUT2D eigenvalue weighted by Crippen LogP contribution is 2.30. The lowest BCUT2D eigenvalue weighted by Gasteiger charge is -2.27. The number of piperidine rings is 1. The third kappa shape index (κ3) is 3.75. The van der Waals surface area contributed by atoms with Gasteiger partial charge in [-0.05, 0) is 55.5 Å². The fourth-order valence-electron chi connectivity index (χ4n) is 4.27. The van der Waals surface area contributed by atoms with Crippen molar-refractivity contribution < 1.29 is 19.2 Å². The molecule has 5 nitrogen and oxygen atoms in total. The van der Waals surface area contributed by atoms with E-state index in [0.29, 0.717) is 28.8 Å². The van der Waals surface area contributed by atoms with Crippen LogP contribution in [0.4, 0.5) is 0 Å². The van der Waals surface area contributed by atoms with Gasteiger partial charge in [-0.25, -0.2) is 0 Å². The van der Waals surface area contributed by atoms with Gasteiger partial charge in [0.2, 0.25) is 5.43 Å². The summed E-state index contributed by atoms with van der Waals surface area (Å²) < 4.78 is 11.4. The zero-order chi connectivity index (χ0) is 20.5. The van der Waals surface area contributed by atoms with Gasteiger partial charge in [0.25, 0.3) is 0 Å². The van der Waals surface area contributed by atoms with Crippen LogP contribution in [0.15, 0.2) is 45.6 Å². The molecular formula is C24H28NO4+. The van der Waals surface area contributed by atoms with Crippen LogP contribution >= 0.6 is 0 Å². The Balaban J connectivity index is 1.79. The number of aromatic hydroxyl groups is 1. The van der Waals surface area contributed by atoms with Gasteiger partial charge in [-0.15, -0.1) is 0 Å². The molecule has 1 aliphatic heterocycles. The topological polar surface area (TPSA) is 64.1 Å². The standard InChI is InChI=1S/C24H27NO4/c1-15-10-12-25(13-11-15)14-20-21(26)9-8-19-23(27)22(16(2)29-24(19)20)17-4-6-18(28-3)7-5-17/h4-9,15,26H,10-14H2,1-3H3/p+1. The summed E-state index contributed by atoms with van der Waals surface area (Å²) in [5, 5.41) is 11.0. The van der Waals surface area contributed by atoms with Gasteiger partial charge in [0.1, 0.15) is 23.8 Å². The number of likely N-dealkylation sites (tertiary alicyclic amines) is 1. The van der Waals surface area contributed by atoms with E-state index in [1.54, 1.807) is 19.2 Å². The van der Waals surface area contributed by atoms with E-state index < -0.39 is 0 Å². The minimum absolute atomic E-state index is 0.0718. The Labute approximate surface area is 170 Å². The van der Waals surface area contributed by atoms with E-state index in [2.05, 4.69) is 6.92 Å². The van der Waals surface area contributed by atoms with Gasteiger partial charge in [0.05, 0.1) is 36.7 Å². The fraction of sp³-hybridized carbons (Fsp3) is 0.375. The van der Waals surface area contributed by atoms with Crippen molar-refractivity contribution in [1.29, 1.82) is 0 Å². The van der Waals surface area contributed by atoms with Gasteiger partial charge in [0, 0.05) is 0 Å². The average molecular weight is 394 g/mol. The van der Waals surface area contributed by atoms with Crippen LogP contribution in [0.5, 0.6) is 11.5 Å². The lowest BCUT2D eigenvalue weighted by Crippen LogP contribution is -3.11. The highest BCUT2D eigenvalue weighted by atomic mass is 16.5. The maximum absolute atomic E-state index is 13.3. The number of methoxy groups -OCH3 is 1. The summed E-state index contributed by atoms with van der Waals surface area (Å²) in [6, 6.07) is 10.7. The van der Waals surface area contributed by atoms with Gasteiger partial charge < -0.3 is 19.2 Å². The van der Waals surface area contributed by atoms with E-state index in [1.165, 1.54) is 17.7 Å². The van der Waals surface area contributed by atoms with E-state index in [4.69, 9.17) is 9.15 Å². The first kappa shape index (κ1) is 19.5. The largest absolute Gasteiger partial charge is 0.507 e. The van der Waals surface area contributed by atoms with Gasteiger partial charge in [-0.3, -0.25) is 4.79 Å². The summed E-state index contributed by atoms with van der Waals surface area (Å²) in [5.74, 6) is 2.25. The summed E-state index contributed by atoms with van der Waals surface area (Å²) in [4.78, 5) is 14.7. The molecule has 2 aromatic carbocycles. The van der Waals surface area contributed by atoms with Crippen molar-refractivity contribution in [1.82, 2.24) is 0 Å². The molecule has 5 heteroatoms. The summed E-state index contributed by atoms with van der Waals surface area (Å²) in [6.45, 7) is 6.91. The summed E-state index contributed by atoms with van der Waals surface area (Å²) >= 11 is 0. The Bertz CT molecular complexity index is 1080. The lowest BCUT2D eigenvalue weighted by molar-refractivity contribution is -0.919. The minimum Gasteiger partial charge on any atom is -0.507 e. The van der Waals surface area contributed by atoms with Crippen molar-refractivity contribution in [2.45, 2.75) is 33.2 Å². The van der Waals surface area contributed by atoms with Crippen LogP contribution in [0, 0.1) is 12.8 Å². The predicted octanol–water partition coefficient (Wildman–Crippen LogP) is 3.30. The minimum atomic E-state index is -0.0718. The normalized spacial score (nSPS) is 19.4. The van der Waals surface area contributed by atoms with Crippen molar-refractivity contribution in [2.75, 3.05) is 20.2 Å². The molecule has 0 radical (unpaired) electrons. The maximum atomic E-state index is 13.3. The quantitative estimate of drug-likeness (QED) is 0.713. The second-order valence-electron chi connectivity index (χ2n) is 8.14. The molecule has 0 saturated carbocycles. The first-order valence-electron chi connectivity index (χ1n) is 10.2. The molecule has 1 fully saturated rings. The van der Waals surface area contributed by atoms with Crippen molar-refractivity contribution in [2.24, 2.45) is 5.92 Å². The van der Waals surface area contributed by atoms with Gasteiger partial charge in [-0.2, -0.15) is 0 Å². The molecule has 0 amide bonds. The molecule has 2 heterocycles. The summed E-state index contributed by atoms with van der Waals surface area (Å²) in [5.41, 5.74) is 2.52. The second kappa shape index (κ2) is 7.91. The van der Waals surface area contributed by atoms with Crippen molar-refractivity contribution >= 4 is 11.0 Å². The summed E-state index contributed by atoms with van der Waals surface area (Å²) in [7, 11) is 1.61. The Morgan fingerprint density at radius 3 is 2.48 bits per heavy atom. The van der Waals surface area contributed by atoms with E-state index in [-0.39, 0.29) is 11.2 Å². The van der Waals surface area contributed by atoms with Crippen LogP contribution in [-0.2, 0) is 6.54 Å². The average Bonchev–Trinajstić information content (AvgIpc) is 2.72. The SMILES string of the molecule is COc1ccc(-c2c(C)oc3c(C[NH+]4CCC(C)CC4)c(O)ccc3c2=O)cc1. The molecule has 0 aliphatic carbocycles. The number of phenols is 1. The van der Waals surface area contributed by atoms with Gasteiger partial charge in [-0.1, -0.05) is 19.1 Å². The number of aryl methyl sites for hydroxylation is 1. The third-order valence-electron chi connectivity index (χ3n) is 6.10. The number of hydrogen-bond acceptors (Lipinski definition) is 4. The first-order chi connectivity index (χ1) is 14.0. The molecule has 0 spiro atoms. The van der Waals surface area contributed by atoms with Crippen LogP contribution in [0.2, 0.25) is 0 Å². The molecule has 1 aliphatic rings. The highest BCUT2D eigenvalue weighted by Gasteiger charge is 2.24. The molecule has 1 saturated heterocycles. The predicted molar refractivity (Wildman–Crippen MR) is 114 cm³/mol. The Kier molecular flexibility index (Phi) is 5.33. The Morgan fingerprint density at radius 2 is 1.83 bits per heavy atom. The molecule has 0 unspecified atom stereocenters. The van der Waals surface area contributed by atoms with Crippen molar-refractivity contribution in [3.63, 3.8) is 0 Å². The number of rotatable bonds is 4. The van der Waals surface area contributed by atoms with Gasteiger partial charge >= 0.3 is 0 Å². The van der Waals surface area contributed by atoms with Crippen LogP contribution in [-0.4, -0.2) is 25.3 Å². The first-order valence-corrected chi connectivity index (χ1v) is 10.2. The molecule has 0 atom stereocenters. The molecule has 29 heavy (non-hydrogen) atoms. The fourth-order valence-corrected chi connectivity index (χ4v) is 4.27. The van der Waals surface area contributed by atoms with Gasteiger partial charge in [0.15, 0.2) is 5.58 Å². The highest BCUT2D eigenvalue weighted by molar-refractivity contribution is 5.86. The lowest BCUT2D eigenvalue weighted by atomic mass is 9.98. The van der Waals surface area contributed by atoms with Crippen LogP contribution in [0.1, 0.15) is 31.1 Å². The maximum Gasteiger partial charge on any atom is 0.200 e. The van der Waals surface area contributed by atoms with Crippen LogP contribution in [0.3, 0.4) is 0 Å². The number of quaternary nitrogens is 1. The van der Waals surface area contributed by atoms with E-state index in [1.807, 2.05) is 31.2 Å². The van der Waals surface area contributed by atoms with Crippen LogP contribution < -0.4 is 15.1 Å². The molecule has 3 aromatic rings. The molecule has 0 bridgehead atoms. The molecule has 1 aromatic heterocycles. The number of benzene rings is 2. The third-order valence-corrected chi connectivity index (χ3v) is 6.10. The van der Waals surface area contributed by atoms with E-state index in [9.17, 15) is 9.90 Å². The molecule has 2 N–H and O–H groups in total. The van der Waals surface area contributed by atoms with Crippen LogP contribution in [0.25, 0.3) is 22.1 Å². The molecular weight excluding hydrogens is 366 g/mol. The second-order valence-corrected chi connectivity index (χ2v) is 8.14. The number of fused-ring (bicyclic) bond motifs is 1.